The van der Waals surface area contributed by atoms with Gasteiger partial charge in [0.2, 0.25) is 5.89 Å². The molecule has 0 saturated heterocycles. The zero-order chi connectivity index (χ0) is 11.5. The smallest absolute Gasteiger partial charge is 0.243 e. The van der Waals surface area contributed by atoms with Crippen LogP contribution >= 0.6 is 0 Å². The van der Waals surface area contributed by atoms with Crippen LogP contribution in [-0.4, -0.2) is 10.1 Å². The second-order valence-corrected chi connectivity index (χ2v) is 4.00. The molecular formula is C12H15N3O. The van der Waals surface area contributed by atoms with Crippen LogP contribution < -0.4 is 5.73 Å². The Morgan fingerprint density at radius 3 is 2.56 bits per heavy atom. The minimum absolute atomic E-state index is 0.209. The van der Waals surface area contributed by atoms with Gasteiger partial charge in [-0.2, -0.15) is 4.98 Å². The van der Waals surface area contributed by atoms with E-state index in [-0.39, 0.29) is 6.04 Å². The summed E-state index contributed by atoms with van der Waals surface area (Å²) in [5.74, 6) is 1.17. The maximum atomic E-state index is 5.64. The van der Waals surface area contributed by atoms with Crippen LogP contribution in [0.5, 0.6) is 0 Å². The molecule has 1 atom stereocenters. The number of nitrogens with two attached hydrogens (primary N) is 1. The van der Waals surface area contributed by atoms with E-state index >= 15 is 0 Å². The van der Waals surface area contributed by atoms with Crippen LogP contribution in [0.1, 0.15) is 35.8 Å². The molecular weight excluding hydrogens is 202 g/mol. The molecule has 4 nitrogen and oxygen atoms in total. The second kappa shape index (κ2) is 4.45. The standard InChI is InChI=1S/C12H15N3O/c1-8-3-5-10(6-4-8)7-11-14-12(9(2)13)16-15-11/h3-6,9H,7,13H2,1-2H3/t9-/m0/s1. The van der Waals surface area contributed by atoms with E-state index in [2.05, 4.69) is 41.3 Å². The van der Waals surface area contributed by atoms with Gasteiger partial charge >= 0.3 is 0 Å². The molecule has 1 aromatic heterocycles. The fourth-order valence-electron chi connectivity index (χ4n) is 1.41. The molecule has 0 amide bonds. The lowest BCUT2D eigenvalue weighted by Crippen LogP contribution is -2.05. The minimum Gasteiger partial charge on any atom is -0.338 e. The van der Waals surface area contributed by atoms with Gasteiger partial charge in [0.15, 0.2) is 5.82 Å². The van der Waals surface area contributed by atoms with E-state index in [0.29, 0.717) is 18.1 Å². The summed E-state index contributed by atoms with van der Waals surface area (Å²) in [5.41, 5.74) is 8.06. The highest BCUT2D eigenvalue weighted by Gasteiger charge is 2.10. The highest BCUT2D eigenvalue weighted by molar-refractivity contribution is 5.23. The fourth-order valence-corrected chi connectivity index (χ4v) is 1.41. The van der Waals surface area contributed by atoms with Gasteiger partial charge in [0.05, 0.1) is 6.04 Å². The Balaban J connectivity index is 2.11. The predicted molar refractivity (Wildman–Crippen MR) is 60.9 cm³/mol. The number of hydrogen-bond donors (Lipinski definition) is 1. The van der Waals surface area contributed by atoms with E-state index in [9.17, 15) is 0 Å². The summed E-state index contributed by atoms with van der Waals surface area (Å²) >= 11 is 0. The number of nitrogens with zero attached hydrogens (tertiary/aromatic N) is 2. The van der Waals surface area contributed by atoms with Crippen molar-refractivity contribution in [2.24, 2.45) is 5.73 Å². The van der Waals surface area contributed by atoms with Crippen molar-refractivity contribution in [3.63, 3.8) is 0 Å². The van der Waals surface area contributed by atoms with Gasteiger partial charge in [0, 0.05) is 6.42 Å². The van der Waals surface area contributed by atoms with Crippen LogP contribution in [-0.2, 0) is 6.42 Å². The first-order valence-electron chi connectivity index (χ1n) is 5.29. The lowest BCUT2D eigenvalue weighted by molar-refractivity contribution is 0.358. The zero-order valence-electron chi connectivity index (χ0n) is 9.47. The second-order valence-electron chi connectivity index (χ2n) is 4.00. The molecule has 2 rings (SSSR count). The van der Waals surface area contributed by atoms with E-state index in [1.54, 1.807) is 0 Å². The van der Waals surface area contributed by atoms with Gasteiger partial charge in [-0.3, -0.25) is 0 Å². The molecule has 1 heterocycles. The van der Waals surface area contributed by atoms with Crippen molar-refractivity contribution in [1.29, 1.82) is 0 Å². The van der Waals surface area contributed by atoms with Crippen molar-refractivity contribution in [3.05, 3.63) is 47.1 Å². The Labute approximate surface area is 94.5 Å². The highest BCUT2D eigenvalue weighted by Crippen LogP contribution is 2.11. The molecule has 2 aromatic rings. The lowest BCUT2D eigenvalue weighted by Gasteiger charge is -1.97. The van der Waals surface area contributed by atoms with Crippen LogP contribution in [0.4, 0.5) is 0 Å². The van der Waals surface area contributed by atoms with Crippen molar-refractivity contribution in [2.75, 3.05) is 0 Å². The van der Waals surface area contributed by atoms with E-state index in [4.69, 9.17) is 10.3 Å². The normalized spacial score (nSPS) is 12.7. The Kier molecular flexibility index (Phi) is 3.01. The van der Waals surface area contributed by atoms with Gasteiger partial charge in [0.25, 0.3) is 0 Å². The van der Waals surface area contributed by atoms with E-state index in [1.165, 1.54) is 11.1 Å². The summed E-state index contributed by atoms with van der Waals surface area (Å²) in [4.78, 5) is 4.22. The van der Waals surface area contributed by atoms with Crippen LogP contribution in [0.2, 0.25) is 0 Å². The molecule has 0 saturated carbocycles. The van der Waals surface area contributed by atoms with Gasteiger partial charge in [-0.15, -0.1) is 0 Å². The van der Waals surface area contributed by atoms with Crippen LogP contribution in [0.25, 0.3) is 0 Å². The predicted octanol–water partition coefficient (Wildman–Crippen LogP) is 1.99. The Bertz CT molecular complexity index is 459. The summed E-state index contributed by atoms with van der Waals surface area (Å²) in [7, 11) is 0. The van der Waals surface area contributed by atoms with Crippen LogP contribution in [0, 0.1) is 6.92 Å². The Morgan fingerprint density at radius 1 is 1.31 bits per heavy atom. The fraction of sp³-hybridized carbons (Fsp3) is 0.333. The summed E-state index contributed by atoms with van der Waals surface area (Å²) in [6.45, 7) is 3.88. The topological polar surface area (TPSA) is 64.9 Å². The molecule has 84 valence electrons. The minimum atomic E-state index is -0.209. The SMILES string of the molecule is Cc1ccc(Cc2noc([C@H](C)N)n2)cc1. The Hall–Kier alpha value is -1.68. The first-order chi connectivity index (χ1) is 7.65. The van der Waals surface area contributed by atoms with Crippen molar-refractivity contribution < 1.29 is 4.52 Å². The first-order valence-corrected chi connectivity index (χ1v) is 5.29. The van der Waals surface area contributed by atoms with E-state index < -0.39 is 0 Å². The highest BCUT2D eigenvalue weighted by atomic mass is 16.5. The summed E-state index contributed by atoms with van der Waals surface area (Å²) in [5, 5.41) is 3.89. The molecule has 0 spiro atoms. The Morgan fingerprint density at radius 2 is 2.00 bits per heavy atom. The maximum Gasteiger partial charge on any atom is 0.243 e. The number of benzene rings is 1. The monoisotopic (exact) mass is 217 g/mol. The third kappa shape index (κ3) is 2.46. The molecule has 2 N–H and O–H groups in total. The quantitative estimate of drug-likeness (QED) is 0.853. The third-order valence-corrected chi connectivity index (χ3v) is 2.36. The van der Waals surface area contributed by atoms with E-state index in [1.807, 2.05) is 6.92 Å². The van der Waals surface area contributed by atoms with Gasteiger partial charge in [0.1, 0.15) is 0 Å². The summed E-state index contributed by atoms with van der Waals surface area (Å²) in [6.07, 6.45) is 0.677. The largest absolute Gasteiger partial charge is 0.338 e. The number of rotatable bonds is 3. The zero-order valence-corrected chi connectivity index (χ0v) is 9.47. The van der Waals surface area contributed by atoms with Crippen molar-refractivity contribution >= 4 is 0 Å². The molecule has 0 fully saturated rings. The molecule has 0 bridgehead atoms. The average Bonchev–Trinajstić information content (AvgIpc) is 2.70. The molecule has 4 heteroatoms. The molecule has 0 unspecified atom stereocenters. The van der Waals surface area contributed by atoms with E-state index in [0.717, 1.165) is 0 Å². The molecule has 0 aliphatic heterocycles. The van der Waals surface area contributed by atoms with Gasteiger partial charge in [-0.1, -0.05) is 35.0 Å². The number of aromatic nitrogens is 2. The molecule has 0 aliphatic rings. The van der Waals surface area contributed by atoms with Gasteiger partial charge in [-0.25, -0.2) is 0 Å². The van der Waals surface area contributed by atoms with Crippen molar-refractivity contribution in [3.8, 4) is 0 Å². The number of aryl methyl sites for hydroxylation is 1. The van der Waals surface area contributed by atoms with Crippen LogP contribution in [0.15, 0.2) is 28.8 Å². The summed E-state index contributed by atoms with van der Waals surface area (Å²) in [6, 6.07) is 8.07. The maximum absolute atomic E-state index is 5.64. The first kappa shape index (κ1) is 10.8. The molecule has 1 aromatic carbocycles. The molecule has 0 aliphatic carbocycles. The van der Waals surface area contributed by atoms with Gasteiger partial charge in [-0.05, 0) is 19.4 Å². The third-order valence-electron chi connectivity index (χ3n) is 2.36. The lowest BCUT2D eigenvalue weighted by atomic mass is 10.1. The van der Waals surface area contributed by atoms with Crippen molar-refractivity contribution in [2.45, 2.75) is 26.3 Å². The van der Waals surface area contributed by atoms with Gasteiger partial charge < -0.3 is 10.3 Å². The number of hydrogen-bond acceptors (Lipinski definition) is 4. The molecule has 16 heavy (non-hydrogen) atoms. The van der Waals surface area contributed by atoms with Crippen molar-refractivity contribution in [1.82, 2.24) is 10.1 Å². The van der Waals surface area contributed by atoms with Crippen LogP contribution in [0.3, 0.4) is 0 Å². The summed E-state index contributed by atoms with van der Waals surface area (Å²) < 4.78 is 5.04. The average molecular weight is 217 g/mol. The molecule has 0 radical (unpaired) electrons.